The molecule has 0 aromatic heterocycles. The van der Waals surface area contributed by atoms with Gasteiger partial charge in [-0.2, -0.15) is 0 Å². The van der Waals surface area contributed by atoms with E-state index in [2.05, 4.69) is 17.0 Å². The van der Waals surface area contributed by atoms with E-state index in [0.29, 0.717) is 35.6 Å². The number of aryl methyl sites for hydroxylation is 1. The van der Waals surface area contributed by atoms with Gasteiger partial charge in [0.15, 0.2) is 29.3 Å². The fourth-order valence-corrected chi connectivity index (χ4v) is 5.75. The van der Waals surface area contributed by atoms with Gasteiger partial charge >= 0.3 is 0 Å². The average Bonchev–Trinajstić information content (AvgIpc) is 3.46. The van der Waals surface area contributed by atoms with E-state index in [4.69, 9.17) is 30.9 Å². The largest absolute Gasteiger partial charge is 0.493 e. The SMILES string of the molecule is COc1cccc([C@@H]2N(c3ccc(C)cc3)N=C(C(C)=O)N2c2ccc(N3CCOCC3)cc2)c1OCc1ccccc1Cl. The van der Waals surface area contributed by atoms with Crippen LogP contribution in [0.15, 0.2) is 96.1 Å². The van der Waals surface area contributed by atoms with Gasteiger partial charge in [0.05, 0.1) is 26.0 Å². The van der Waals surface area contributed by atoms with Crippen LogP contribution >= 0.6 is 11.6 Å². The van der Waals surface area contributed by atoms with Gasteiger partial charge in [0.2, 0.25) is 0 Å². The number of Topliss-reactive ketones (excluding diaryl/α,β-unsaturated/α-hetero) is 1. The number of hydrogen-bond acceptors (Lipinski definition) is 8. The highest BCUT2D eigenvalue weighted by atomic mass is 35.5. The maximum absolute atomic E-state index is 13.2. The Kier molecular flexibility index (Phi) is 8.72. The molecule has 4 aromatic rings. The van der Waals surface area contributed by atoms with E-state index in [1.807, 2.05) is 95.7 Å². The standard InChI is InChI=1S/C35H35ClN4O4/c1-24-11-13-29(14-12-24)40-35(30-8-6-10-32(42-3)33(30)44-23-26-7-4-5-9-31(26)36)39(34(37-40)25(2)41)28-17-15-27(16-18-28)38-19-21-43-22-20-38/h4-18,35H,19-23H2,1-3H3/t35-/m0/s1. The number of methoxy groups -OCH3 is 1. The number of carbonyl (C=O) groups excluding carboxylic acids is 1. The minimum absolute atomic E-state index is 0.150. The molecule has 9 heteroatoms. The van der Waals surface area contributed by atoms with Gasteiger partial charge in [0, 0.05) is 47.5 Å². The molecule has 2 heterocycles. The summed E-state index contributed by atoms with van der Waals surface area (Å²) in [6, 6.07) is 29.7. The minimum atomic E-state index is -0.554. The van der Waals surface area contributed by atoms with Crippen molar-refractivity contribution in [1.29, 1.82) is 0 Å². The first-order valence-corrected chi connectivity index (χ1v) is 15.0. The van der Waals surface area contributed by atoms with E-state index in [-0.39, 0.29) is 12.4 Å². The maximum Gasteiger partial charge on any atom is 0.198 e. The molecule has 0 aliphatic carbocycles. The number of nitrogens with zero attached hydrogens (tertiary/aromatic N) is 4. The second kappa shape index (κ2) is 13.0. The van der Waals surface area contributed by atoms with Crippen molar-refractivity contribution in [3.05, 3.63) is 113 Å². The van der Waals surface area contributed by atoms with Crippen molar-refractivity contribution in [2.24, 2.45) is 5.10 Å². The maximum atomic E-state index is 13.2. The first-order chi connectivity index (χ1) is 21.4. The molecule has 44 heavy (non-hydrogen) atoms. The summed E-state index contributed by atoms with van der Waals surface area (Å²) >= 11 is 6.48. The van der Waals surface area contributed by atoms with E-state index in [0.717, 1.165) is 46.8 Å². The number of ether oxygens (including phenoxy) is 3. The summed E-state index contributed by atoms with van der Waals surface area (Å²) in [5.41, 5.74) is 5.54. The monoisotopic (exact) mass is 610 g/mol. The molecule has 4 aromatic carbocycles. The lowest BCUT2D eigenvalue weighted by molar-refractivity contribution is -0.111. The Labute approximate surface area is 263 Å². The van der Waals surface area contributed by atoms with Crippen LogP contribution in [0.1, 0.15) is 29.8 Å². The van der Waals surface area contributed by atoms with Gasteiger partial charge in [-0.05, 0) is 55.5 Å². The van der Waals surface area contributed by atoms with Crippen LogP contribution in [0, 0.1) is 6.92 Å². The Morgan fingerprint density at radius 3 is 2.27 bits per heavy atom. The van der Waals surface area contributed by atoms with Crippen LogP contribution in [0.2, 0.25) is 5.02 Å². The van der Waals surface area contributed by atoms with Crippen molar-refractivity contribution in [3.8, 4) is 11.5 Å². The van der Waals surface area contributed by atoms with Crippen LogP contribution in [-0.2, 0) is 16.1 Å². The number of hydrogen-bond donors (Lipinski definition) is 0. The first-order valence-electron chi connectivity index (χ1n) is 14.6. The summed E-state index contributed by atoms with van der Waals surface area (Å²) in [7, 11) is 1.62. The summed E-state index contributed by atoms with van der Waals surface area (Å²) < 4.78 is 17.8. The highest BCUT2D eigenvalue weighted by molar-refractivity contribution is 6.44. The van der Waals surface area contributed by atoms with Crippen LogP contribution in [0.4, 0.5) is 17.1 Å². The summed E-state index contributed by atoms with van der Waals surface area (Å²) in [5, 5.41) is 7.43. The Balaban J connectivity index is 1.46. The number of halogens is 1. The van der Waals surface area contributed by atoms with Crippen LogP contribution < -0.4 is 24.3 Å². The van der Waals surface area contributed by atoms with Crippen LogP contribution in [0.25, 0.3) is 0 Å². The Morgan fingerprint density at radius 2 is 1.59 bits per heavy atom. The van der Waals surface area contributed by atoms with Crippen LogP contribution in [-0.4, -0.2) is 45.0 Å². The first kappa shape index (κ1) is 29.5. The normalized spacial score (nSPS) is 16.6. The number of anilines is 3. The van der Waals surface area contributed by atoms with Gasteiger partial charge in [-0.1, -0.05) is 59.6 Å². The molecular weight excluding hydrogens is 576 g/mol. The fraction of sp³-hybridized carbons (Fsp3) is 0.257. The molecule has 0 saturated carbocycles. The number of amidine groups is 1. The summed E-state index contributed by atoms with van der Waals surface area (Å²) in [4.78, 5) is 17.5. The van der Waals surface area contributed by atoms with Gasteiger partial charge < -0.3 is 19.1 Å². The van der Waals surface area contributed by atoms with Gasteiger partial charge in [-0.15, -0.1) is 5.10 Å². The van der Waals surface area contributed by atoms with Gasteiger partial charge in [-0.25, -0.2) is 5.01 Å². The molecule has 0 radical (unpaired) electrons. The second-order valence-corrected chi connectivity index (χ2v) is 11.2. The highest BCUT2D eigenvalue weighted by Crippen LogP contribution is 2.45. The highest BCUT2D eigenvalue weighted by Gasteiger charge is 2.41. The quantitative estimate of drug-likeness (QED) is 0.202. The number of para-hydroxylation sites is 1. The molecule has 8 nitrogen and oxygen atoms in total. The molecule has 0 amide bonds. The molecule has 0 bridgehead atoms. The smallest absolute Gasteiger partial charge is 0.198 e. The lowest BCUT2D eigenvalue weighted by Crippen LogP contribution is -2.38. The van der Waals surface area contributed by atoms with Crippen molar-refractivity contribution in [3.63, 3.8) is 0 Å². The van der Waals surface area contributed by atoms with E-state index >= 15 is 0 Å². The zero-order valence-electron chi connectivity index (χ0n) is 25.1. The third kappa shape index (κ3) is 5.96. The molecule has 1 saturated heterocycles. The van der Waals surface area contributed by atoms with E-state index < -0.39 is 6.17 Å². The van der Waals surface area contributed by atoms with Gasteiger partial charge in [0.1, 0.15) is 6.61 Å². The molecular formula is C35H35ClN4O4. The minimum Gasteiger partial charge on any atom is -0.493 e. The third-order valence-corrected chi connectivity index (χ3v) is 8.23. The molecule has 0 unspecified atom stereocenters. The van der Waals surface area contributed by atoms with Crippen molar-refractivity contribution in [2.75, 3.05) is 48.2 Å². The molecule has 0 spiro atoms. The van der Waals surface area contributed by atoms with Crippen molar-refractivity contribution < 1.29 is 19.0 Å². The van der Waals surface area contributed by atoms with Gasteiger partial charge in [0.25, 0.3) is 0 Å². The zero-order valence-corrected chi connectivity index (χ0v) is 25.8. The summed E-state index contributed by atoms with van der Waals surface area (Å²) in [5.74, 6) is 1.29. The Hall–Kier alpha value is -4.53. The molecule has 1 fully saturated rings. The lowest BCUT2D eigenvalue weighted by atomic mass is 10.1. The van der Waals surface area contributed by atoms with Gasteiger partial charge in [-0.3, -0.25) is 9.69 Å². The Bertz CT molecular complexity index is 1650. The predicted molar refractivity (Wildman–Crippen MR) is 175 cm³/mol. The topological polar surface area (TPSA) is 66.8 Å². The van der Waals surface area contributed by atoms with E-state index in [1.165, 1.54) is 0 Å². The predicted octanol–water partition coefficient (Wildman–Crippen LogP) is 7.00. The molecule has 226 valence electrons. The number of hydrazone groups is 1. The van der Waals surface area contributed by atoms with E-state index in [1.54, 1.807) is 14.0 Å². The third-order valence-electron chi connectivity index (χ3n) is 7.86. The Morgan fingerprint density at radius 1 is 0.909 bits per heavy atom. The summed E-state index contributed by atoms with van der Waals surface area (Å²) in [6.07, 6.45) is -0.554. The average molecular weight is 611 g/mol. The van der Waals surface area contributed by atoms with Crippen LogP contribution in [0.3, 0.4) is 0 Å². The molecule has 0 N–H and O–H groups in total. The molecule has 2 aliphatic heterocycles. The second-order valence-electron chi connectivity index (χ2n) is 10.8. The van der Waals surface area contributed by atoms with Crippen LogP contribution in [0.5, 0.6) is 11.5 Å². The van der Waals surface area contributed by atoms with Crippen molar-refractivity contribution in [1.82, 2.24) is 0 Å². The molecule has 1 atom stereocenters. The zero-order chi connectivity index (χ0) is 30.6. The van der Waals surface area contributed by atoms with Crippen molar-refractivity contribution in [2.45, 2.75) is 26.6 Å². The number of benzene rings is 4. The number of morpholine rings is 1. The van der Waals surface area contributed by atoms with Crippen molar-refractivity contribution >= 4 is 40.3 Å². The number of ketones is 1. The number of carbonyl (C=O) groups is 1. The molecule has 6 rings (SSSR count). The summed E-state index contributed by atoms with van der Waals surface area (Å²) in [6.45, 7) is 6.90. The fourth-order valence-electron chi connectivity index (χ4n) is 5.56. The molecule has 2 aliphatic rings. The van der Waals surface area contributed by atoms with E-state index in [9.17, 15) is 4.79 Å². The number of rotatable bonds is 9. The lowest BCUT2D eigenvalue weighted by Gasteiger charge is -2.34.